The third-order valence-electron chi connectivity index (χ3n) is 4.47. The Morgan fingerprint density at radius 2 is 2.05 bits per heavy atom. The van der Waals surface area contributed by atoms with Crippen LogP contribution in [0, 0.1) is 5.41 Å². The third kappa shape index (κ3) is 3.15. The lowest BCUT2D eigenvalue weighted by Gasteiger charge is -2.36. The molecule has 0 aromatic carbocycles. The molecule has 2 N–H and O–H groups in total. The van der Waals surface area contributed by atoms with Gasteiger partial charge in [-0.3, -0.25) is 19.3 Å². The summed E-state index contributed by atoms with van der Waals surface area (Å²) in [4.78, 5) is 38.1. The summed E-state index contributed by atoms with van der Waals surface area (Å²) in [6, 6.07) is -0.931. The second-order valence-electron chi connectivity index (χ2n) is 6.39. The van der Waals surface area contributed by atoms with Gasteiger partial charge in [-0.05, 0) is 39.8 Å². The molecule has 2 heterocycles. The van der Waals surface area contributed by atoms with Crippen LogP contribution in [0.15, 0.2) is 0 Å². The van der Waals surface area contributed by atoms with E-state index in [4.69, 9.17) is 4.74 Å². The smallest absolute Gasteiger partial charge is 0.252 e. The van der Waals surface area contributed by atoms with Gasteiger partial charge in [0.15, 0.2) is 0 Å². The number of nitrogens with zero attached hydrogens (tertiary/aromatic N) is 1. The monoisotopic (exact) mass is 311 g/mol. The van der Waals surface area contributed by atoms with Crippen LogP contribution in [0.25, 0.3) is 0 Å². The summed E-state index contributed by atoms with van der Waals surface area (Å²) in [6.45, 7) is 5.39. The van der Waals surface area contributed by atoms with Crippen LogP contribution in [-0.4, -0.2) is 61.5 Å². The summed E-state index contributed by atoms with van der Waals surface area (Å²) in [5.41, 5.74) is -0.616. The highest BCUT2D eigenvalue weighted by molar-refractivity contribution is 6.07. The number of hydrogen-bond donors (Lipinski definition) is 2. The molecule has 0 saturated carbocycles. The second-order valence-corrected chi connectivity index (χ2v) is 6.39. The van der Waals surface area contributed by atoms with E-state index in [0.29, 0.717) is 19.4 Å². The van der Waals surface area contributed by atoms with Gasteiger partial charge >= 0.3 is 0 Å². The quantitative estimate of drug-likeness (QED) is 0.678. The normalized spacial score (nSPS) is 24.9. The molecule has 0 aromatic rings. The maximum Gasteiger partial charge on any atom is 0.252 e. The Hall–Kier alpha value is -1.47. The molecule has 7 nitrogen and oxygen atoms in total. The Bertz CT molecular complexity index is 452. The Kier molecular flexibility index (Phi) is 5.18. The Morgan fingerprint density at radius 3 is 2.55 bits per heavy atom. The molecule has 2 fully saturated rings. The van der Waals surface area contributed by atoms with Crippen molar-refractivity contribution >= 4 is 17.7 Å². The molecular formula is C15H25N3O4. The van der Waals surface area contributed by atoms with Crippen LogP contribution < -0.4 is 10.6 Å². The van der Waals surface area contributed by atoms with Crippen molar-refractivity contribution in [1.82, 2.24) is 15.5 Å². The molecule has 124 valence electrons. The van der Waals surface area contributed by atoms with Crippen LogP contribution in [0.4, 0.5) is 0 Å². The van der Waals surface area contributed by atoms with Crippen molar-refractivity contribution in [1.29, 1.82) is 0 Å². The van der Waals surface area contributed by atoms with Gasteiger partial charge < -0.3 is 15.4 Å². The van der Waals surface area contributed by atoms with E-state index in [9.17, 15) is 14.4 Å². The zero-order valence-corrected chi connectivity index (χ0v) is 13.5. The summed E-state index contributed by atoms with van der Waals surface area (Å²) in [6.07, 6.45) is 1.37. The van der Waals surface area contributed by atoms with Crippen LogP contribution in [0.2, 0.25) is 0 Å². The maximum atomic E-state index is 12.7. The first-order chi connectivity index (χ1) is 10.4. The van der Waals surface area contributed by atoms with Crippen molar-refractivity contribution in [2.45, 2.75) is 45.2 Å². The van der Waals surface area contributed by atoms with Crippen LogP contribution in [0.1, 0.15) is 33.1 Å². The number of amides is 3. The second kappa shape index (κ2) is 6.75. The molecule has 7 heteroatoms. The molecule has 1 atom stereocenters. The zero-order valence-electron chi connectivity index (χ0n) is 13.5. The lowest BCUT2D eigenvalue weighted by Crippen LogP contribution is -2.54. The summed E-state index contributed by atoms with van der Waals surface area (Å²) >= 11 is 0. The average molecular weight is 311 g/mol. The molecule has 2 aliphatic rings. The third-order valence-corrected chi connectivity index (χ3v) is 4.47. The van der Waals surface area contributed by atoms with E-state index >= 15 is 0 Å². The highest BCUT2D eigenvalue weighted by Gasteiger charge is 2.45. The van der Waals surface area contributed by atoms with Gasteiger partial charge in [-0.25, -0.2) is 0 Å². The lowest BCUT2D eigenvalue weighted by atomic mass is 9.78. The van der Waals surface area contributed by atoms with Gasteiger partial charge in [0.05, 0.1) is 18.4 Å². The minimum absolute atomic E-state index is 0.0457. The van der Waals surface area contributed by atoms with Gasteiger partial charge in [-0.2, -0.15) is 0 Å². The van der Waals surface area contributed by atoms with Crippen molar-refractivity contribution in [3.8, 4) is 0 Å². The Balaban J connectivity index is 2.07. The number of ether oxygens (including phenoxy) is 1. The summed E-state index contributed by atoms with van der Waals surface area (Å²) < 4.78 is 5.23. The Labute approximate surface area is 130 Å². The van der Waals surface area contributed by atoms with E-state index in [-0.39, 0.29) is 30.2 Å². The Morgan fingerprint density at radius 1 is 1.41 bits per heavy atom. The fourth-order valence-corrected chi connectivity index (χ4v) is 3.24. The van der Waals surface area contributed by atoms with E-state index in [1.165, 1.54) is 4.90 Å². The fourth-order valence-electron chi connectivity index (χ4n) is 3.24. The van der Waals surface area contributed by atoms with Crippen molar-refractivity contribution in [2.24, 2.45) is 5.41 Å². The van der Waals surface area contributed by atoms with Gasteiger partial charge in [0.25, 0.3) is 5.91 Å². The molecule has 0 spiro atoms. The number of likely N-dealkylation sites (tertiary alicyclic amines) is 1. The van der Waals surface area contributed by atoms with Crippen LogP contribution in [-0.2, 0) is 19.1 Å². The average Bonchev–Trinajstić information content (AvgIpc) is 2.74. The molecule has 3 amide bonds. The minimum Gasteiger partial charge on any atom is -0.384 e. The predicted molar refractivity (Wildman–Crippen MR) is 79.9 cm³/mol. The number of piperidine rings is 1. The first-order valence-corrected chi connectivity index (χ1v) is 7.78. The van der Waals surface area contributed by atoms with E-state index in [2.05, 4.69) is 10.6 Å². The number of imide groups is 1. The van der Waals surface area contributed by atoms with Gasteiger partial charge in [0.2, 0.25) is 11.8 Å². The topological polar surface area (TPSA) is 87.7 Å². The molecule has 0 aromatic heterocycles. The highest BCUT2D eigenvalue weighted by atomic mass is 16.5. The number of carbonyl (C=O) groups excluding carboxylic acids is 3. The summed E-state index contributed by atoms with van der Waals surface area (Å²) in [5.74, 6) is -0.723. The standard InChI is InChI=1S/C15H25N3O4/c1-10(2)18-12(19)8-11(13(18)20)17-14(21)15(9-22-3)4-6-16-7-5-15/h10-11,16H,4-9H2,1-3H3,(H,17,21). The summed E-state index contributed by atoms with van der Waals surface area (Å²) in [7, 11) is 1.57. The van der Waals surface area contributed by atoms with E-state index in [1.54, 1.807) is 21.0 Å². The van der Waals surface area contributed by atoms with E-state index in [0.717, 1.165) is 13.1 Å². The fraction of sp³-hybridized carbons (Fsp3) is 0.800. The van der Waals surface area contributed by atoms with Gasteiger partial charge in [0, 0.05) is 13.2 Å². The van der Waals surface area contributed by atoms with Crippen molar-refractivity contribution in [3.05, 3.63) is 0 Å². The van der Waals surface area contributed by atoms with Crippen molar-refractivity contribution in [2.75, 3.05) is 26.8 Å². The summed E-state index contributed by atoms with van der Waals surface area (Å²) in [5, 5.41) is 6.00. The zero-order chi connectivity index (χ0) is 16.3. The van der Waals surface area contributed by atoms with Gasteiger partial charge in [-0.15, -0.1) is 0 Å². The van der Waals surface area contributed by atoms with Crippen LogP contribution in [0.3, 0.4) is 0 Å². The minimum atomic E-state index is -0.744. The van der Waals surface area contributed by atoms with E-state index < -0.39 is 11.5 Å². The maximum absolute atomic E-state index is 12.7. The largest absolute Gasteiger partial charge is 0.384 e. The lowest BCUT2D eigenvalue weighted by molar-refractivity contribution is -0.143. The number of hydrogen-bond acceptors (Lipinski definition) is 5. The molecule has 1 unspecified atom stereocenters. The number of nitrogens with one attached hydrogen (secondary N) is 2. The number of methoxy groups -OCH3 is 1. The first-order valence-electron chi connectivity index (χ1n) is 7.78. The highest BCUT2D eigenvalue weighted by Crippen LogP contribution is 2.30. The SMILES string of the molecule is COCC1(C(=O)NC2CC(=O)N(C(C)C)C2=O)CCNCC1. The van der Waals surface area contributed by atoms with Crippen LogP contribution in [0.5, 0.6) is 0 Å². The molecular weight excluding hydrogens is 286 g/mol. The van der Waals surface area contributed by atoms with Crippen molar-refractivity contribution in [3.63, 3.8) is 0 Å². The molecule has 0 radical (unpaired) electrons. The van der Waals surface area contributed by atoms with Crippen LogP contribution >= 0.6 is 0 Å². The molecule has 2 saturated heterocycles. The van der Waals surface area contributed by atoms with Crippen molar-refractivity contribution < 1.29 is 19.1 Å². The predicted octanol–water partition coefficient (Wildman–Crippen LogP) is -0.345. The molecule has 22 heavy (non-hydrogen) atoms. The van der Waals surface area contributed by atoms with Gasteiger partial charge in [0.1, 0.15) is 6.04 Å². The molecule has 0 bridgehead atoms. The molecule has 2 rings (SSSR count). The van der Waals surface area contributed by atoms with Gasteiger partial charge in [-0.1, -0.05) is 0 Å². The molecule has 2 aliphatic heterocycles. The number of rotatable bonds is 5. The van der Waals surface area contributed by atoms with E-state index in [1.807, 2.05) is 0 Å². The molecule has 0 aliphatic carbocycles. The first kappa shape index (κ1) is 16.9. The number of carbonyl (C=O) groups is 3.